The summed E-state index contributed by atoms with van der Waals surface area (Å²) in [5.74, 6) is 3.50. The topological polar surface area (TPSA) is 35.5 Å². The molecule has 0 saturated heterocycles. The molecule has 0 atom stereocenters. The third-order valence-corrected chi connectivity index (χ3v) is 7.32. The Bertz CT molecular complexity index is 445. The number of ether oxygens (including phenoxy) is 2. The number of carbonyl (C=O) groups is 1. The molecule has 4 heteroatoms. The van der Waals surface area contributed by atoms with E-state index in [0.717, 1.165) is 36.5 Å². The van der Waals surface area contributed by atoms with Gasteiger partial charge in [-0.3, -0.25) is 0 Å². The average Bonchev–Trinajstić information content (AvgIpc) is 2.71. The van der Waals surface area contributed by atoms with Gasteiger partial charge >= 0.3 is 5.97 Å². The van der Waals surface area contributed by atoms with E-state index in [1.54, 1.807) is 0 Å². The fraction of sp³-hybridized carbons (Fsp3) is 0.833. The van der Waals surface area contributed by atoms with Crippen LogP contribution in [0.5, 0.6) is 0 Å². The first-order valence-corrected chi connectivity index (χ1v) is 11.5. The van der Waals surface area contributed by atoms with Crippen LogP contribution in [0, 0.1) is 30.1 Å². The van der Waals surface area contributed by atoms with Gasteiger partial charge in [0.25, 0.3) is 0 Å². The van der Waals surface area contributed by atoms with E-state index in [1.807, 2.05) is 0 Å². The monoisotopic (exact) mass is 562 g/mol. The summed E-state index contributed by atoms with van der Waals surface area (Å²) < 4.78 is 10.6. The van der Waals surface area contributed by atoms with E-state index in [0.29, 0.717) is 0 Å². The summed E-state index contributed by atoms with van der Waals surface area (Å²) in [6.07, 6.45) is 23.2. The van der Waals surface area contributed by atoms with Gasteiger partial charge in [0.05, 0.1) is 6.10 Å². The van der Waals surface area contributed by atoms with Crippen LogP contribution in [-0.2, 0) is 34.7 Å². The predicted octanol–water partition coefficient (Wildman–Crippen LogP) is 6.23. The van der Waals surface area contributed by atoms with Crippen molar-refractivity contribution in [2.75, 3.05) is 6.79 Å². The first-order valence-electron chi connectivity index (χ1n) is 11.5. The second kappa shape index (κ2) is 13.2. The molecule has 161 valence electrons. The molecule has 3 saturated carbocycles. The minimum Gasteiger partial charge on any atom is -0.435 e. The second-order valence-corrected chi connectivity index (χ2v) is 9.26. The van der Waals surface area contributed by atoms with Gasteiger partial charge in [-0.1, -0.05) is 45.1 Å². The van der Waals surface area contributed by atoms with Crippen molar-refractivity contribution < 1.29 is 34.7 Å². The summed E-state index contributed by atoms with van der Waals surface area (Å²) in [5, 5.41) is 0. The molecule has 0 N–H and O–H groups in total. The molecule has 0 spiro atoms. The number of hydrogen-bond donors (Lipinski definition) is 0. The van der Waals surface area contributed by atoms with Crippen molar-refractivity contribution in [3.8, 4) is 0 Å². The van der Waals surface area contributed by atoms with Gasteiger partial charge in [-0.05, 0) is 62.2 Å². The maximum absolute atomic E-state index is 11.0. The Morgan fingerprint density at radius 3 is 1.79 bits per heavy atom. The third-order valence-electron chi connectivity index (χ3n) is 7.32. The number of hydrogen-bond acceptors (Lipinski definition) is 3. The molecule has 0 aromatic carbocycles. The summed E-state index contributed by atoms with van der Waals surface area (Å²) in [6.45, 7) is 3.47. The smallest absolute Gasteiger partial charge is 0.332 e. The van der Waals surface area contributed by atoms with Crippen molar-refractivity contribution in [3.63, 3.8) is 0 Å². The van der Waals surface area contributed by atoms with Gasteiger partial charge in [-0.15, -0.1) is 0 Å². The minimum absolute atomic E-state index is 0. The SMILES string of the molecule is C=CC(=O)OCOC1CCC(CC2CCC(CC3CC[CH-]CC3)CC2)CC1.[Re]. The van der Waals surface area contributed by atoms with Crippen molar-refractivity contribution in [1.29, 1.82) is 0 Å². The van der Waals surface area contributed by atoms with E-state index in [2.05, 4.69) is 13.0 Å². The number of esters is 1. The van der Waals surface area contributed by atoms with E-state index >= 15 is 0 Å². The van der Waals surface area contributed by atoms with E-state index < -0.39 is 5.97 Å². The standard InChI is InChI=1S/C24H39O3.Re/c1-2-24(25)27-18-26-23-14-12-22(13-15-23)17-21-10-8-20(9-11-21)16-19-6-4-3-5-7-19;/h2-3,19-23H,1,4-18H2;/q-1;. The molecule has 0 aliphatic heterocycles. The van der Waals surface area contributed by atoms with Gasteiger partial charge in [-0.25, -0.2) is 4.79 Å². The Hall–Kier alpha value is -0.168. The Kier molecular flexibility index (Phi) is 11.4. The normalized spacial score (nSPS) is 31.6. The van der Waals surface area contributed by atoms with Crippen LogP contribution in [0.2, 0.25) is 0 Å². The van der Waals surface area contributed by atoms with Crippen LogP contribution >= 0.6 is 0 Å². The van der Waals surface area contributed by atoms with Crippen LogP contribution in [0.1, 0.15) is 89.9 Å². The molecule has 0 aromatic rings. The summed E-state index contributed by atoms with van der Waals surface area (Å²) in [7, 11) is 0. The van der Waals surface area contributed by atoms with Crippen molar-refractivity contribution in [1.82, 2.24) is 0 Å². The zero-order valence-electron chi connectivity index (χ0n) is 17.5. The van der Waals surface area contributed by atoms with Crippen molar-refractivity contribution >= 4 is 5.97 Å². The quantitative estimate of drug-likeness (QED) is 0.153. The van der Waals surface area contributed by atoms with Gasteiger partial charge in [0.2, 0.25) is 0 Å². The minimum atomic E-state index is -0.402. The van der Waals surface area contributed by atoms with Crippen molar-refractivity contribution in [2.45, 2.75) is 96.0 Å². The summed E-state index contributed by atoms with van der Waals surface area (Å²) >= 11 is 0. The third kappa shape index (κ3) is 8.29. The van der Waals surface area contributed by atoms with E-state index in [-0.39, 0.29) is 33.3 Å². The number of rotatable bonds is 8. The maximum Gasteiger partial charge on any atom is 0.332 e. The van der Waals surface area contributed by atoms with Gasteiger partial charge in [-0.2, -0.15) is 12.8 Å². The zero-order chi connectivity index (χ0) is 18.9. The van der Waals surface area contributed by atoms with E-state index in [1.165, 1.54) is 83.1 Å². The van der Waals surface area contributed by atoms with Gasteiger partial charge in [0, 0.05) is 26.5 Å². The van der Waals surface area contributed by atoms with Crippen LogP contribution in [0.3, 0.4) is 0 Å². The molecule has 0 heterocycles. The molecule has 0 aromatic heterocycles. The molecule has 3 fully saturated rings. The molecule has 28 heavy (non-hydrogen) atoms. The maximum atomic E-state index is 11.0. The Morgan fingerprint density at radius 1 is 0.821 bits per heavy atom. The van der Waals surface area contributed by atoms with Crippen LogP contribution in [0.25, 0.3) is 0 Å². The molecule has 3 nitrogen and oxygen atoms in total. The van der Waals surface area contributed by atoms with Crippen LogP contribution in [0.4, 0.5) is 0 Å². The predicted molar refractivity (Wildman–Crippen MR) is 109 cm³/mol. The Balaban J connectivity index is 0.00000280. The Morgan fingerprint density at radius 2 is 1.29 bits per heavy atom. The molecular formula is C24H39O3Re-. The largest absolute Gasteiger partial charge is 0.435 e. The number of carbonyl (C=O) groups excluding carboxylic acids is 1. The molecule has 3 aliphatic carbocycles. The van der Waals surface area contributed by atoms with Crippen LogP contribution in [0.15, 0.2) is 12.7 Å². The molecule has 0 amide bonds. The summed E-state index contributed by atoms with van der Waals surface area (Å²) in [4.78, 5) is 11.0. The average molecular weight is 562 g/mol. The fourth-order valence-electron chi connectivity index (χ4n) is 5.66. The van der Waals surface area contributed by atoms with Gasteiger partial charge in [0.15, 0.2) is 6.79 Å². The van der Waals surface area contributed by atoms with Crippen LogP contribution in [-0.4, -0.2) is 18.9 Å². The molecular weight excluding hydrogens is 522 g/mol. The summed E-state index contributed by atoms with van der Waals surface area (Å²) in [5.41, 5.74) is 0. The first-order chi connectivity index (χ1) is 13.2. The van der Waals surface area contributed by atoms with Crippen LogP contribution < -0.4 is 0 Å². The van der Waals surface area contributed by atoms with E-state index in [4.69, 9.17) is 9.47 Å². The van der Waals surface area contributed by atoms with Crippen molar-refractivity contribution in [2.24, 2.45) is 23.7 Å². The summed E-state index contributed by atoms with van der Waals surface area (Å²) in [6, 6.07) is 0. The molecule has 0 bridgehead atoms. The van der Waals surface area contributed by atoms with Gasteiger partial charge in [0.1, 0.15) is 0 Å². The fourth-order valence-corrected chi connectivity index (χ4v) is 5.66. The molecule has 0 unspecified atom stereocenters. The molecule has 3 aliphatic rings. The first kappa shape index (κ1) is 24.1. The zero-order valence-corrected chi connectivity index (χ0v) is 20.2. The van der Waals surface area contributed by atoms with Gasteiger partial charge < -0.3 is 15.9 Å². The second-order valence-electron chi connectivity index (χ2n) is 9.26. The van der Waals surface area contributed by atoms with E-state index in [9.17, 15) is 4.79 Å². The molecule has 3 rings (SSSR count). The Labute approximate surface area is 186 Å². The molecule has 1 radical (unpaired) electrons. The van der Waals surface area contributed by atoms with Crippen molar-refractivity contribution in [3.05, 3.63) is 19.1 Å².